The van der Waals surface area contributed by atoms with Crippen molar-refractivity contribution in [3.8, 4) is 0 Å². The lowest BCUT2D eigenvalue weighted by Crippen LogP contribution is -2.39. The summed E-state index contributed by atoms with van der Waals surface area (Å²) in [5.74, 6) is 0.566. The van der Waals surface area contributed by atoms with Crippen molar-refractivity contribution in [1.29, 1.82) is 0 Å². The van der Waals surface area contributed by atoms with Crippen molar-refractivity contribution in [2.45, 2.75) is 52.0 Å². The van der Waals surface area contributed by atoms with Crippen LogP contribution in [-0.4, -0.2) is 11.5 Å². The fraction of sp³-hybridized carbons (Fsp3) is 0.643. The monoisotopic (exact) mass is 218 g/mol. The minimum atomic E-state index is 0.164. The predicted octanol–water partition coefficient (Wildman–Crippen LogP) is 2.98. The van der Waals surface area contributed by atoms with Crippen molar-refractivity contribution in [3.05, 3.63) is 29.1 Å². The van der Waals surface area contributed by atoms with Crippen LogP contribution in [0.5, 0.6) is 0 Å². The largest absolute Gasteiger partial charge is 0.312 e. The summed E-state index contributed by atoms with van der Waals surface area (Å²) in [5.41, 5.74) is 4.07. The van der Waals surface area contributed by atoms with Gasteiger partial charge < -0.3 is 5.32 Å². The third-order valence-corrected chi connectivity index (χ3v) is 3.64. The molecule has 0 fully saturated rings. The molecule has 2 heteroatoms. The third-order valence-electron chi connectivity index (χ3n) is 3.64. The predicted molar refractivity (Wildman–Crippen MR) is 67.7 cm³/mol. The second-order valence-electron chi connectivity index (χ2n) is 5.54. The van der Waals surface area contributed by atoms with Crippen LogP contribution in [0, 0.1) is 0 Å². The minimum absolute atomic E-state index is 0.164. The number of pyridine rings is 1. The van der Waals surface area contributed by atoms with E-state index >= 15 is 0 Å². The van der Waals surface area contributed by atoms with E-state index in [1.807, 2.05) is 0 Å². The number of nitrogens with zero attached hydrogens (tertiary/aromatic N) is 1. The van der Waals surface area contributed by atoms with E-state index < -0.39 is 0 Å². The number of nitrogens with one attached hydrogen (secondary N) is 1. The molecule has 16 heavy (non-hydrogen) atoms. The molecule has 1 aromatic heterocycles. The SMILES string of the molecule is CCC(C)c1ccc2c(n1)C(C)(C)CNC2. The maximum Gasteiger partial charge on any atom is 0.0520 e. The summed E-state index contributed by atoms with van der Waals surface area (Å²) in [4.78, 5) is 4.90. The van der Waals surface area contributed by atoms with Crippen LogP contribution < -0.4 is 5.32 Å². The first-order valence-corrected chi connectivity index (χ1v) is 6.25. The van der Waals surface area contributed by atoms with E-state index in [9.17, 15) is 0 Å². The van der Waals surface area contributed by atoms with Crippen molar-refractivity contribution in [1.82, 2.24) is 10.3 Å². The van der Waals surface area contributed by atoms with Crippen molar-refractivity contribution >= 4 is 0 Å². The molecule has 1 unspecified atom stereocenters. The summed E-state index contributed by atoms with van der Waals surface area (Å²) in [6, 6.07) is 4.44. The van der Waals surface area contributed by atoms with Gasteiger partial charge in [-0.25, -0.2) is 0 Å². The highest BCUT2D eigenvalue weighted by atomic mass is 14.9. The zero-order valence-corrected chi connectivity index (χ0v) is 10.8. The van der Waals surface area contributed by atoms with Crippen LogP contribution in [-0.2, 0) is 12.0 Å². The summed E-state index contributed by atoms with van der Waals surface area (Å²) in [7, 11) is 0. The normalized spacial score (nSPS) is 20.2. The zero-order chi connectivity index (χ0) is 11.8. The van der Waals surface area contributed by atoms with Crippen LogP contribution in [0.1, 0.15) is 57.0 Å². The van der Waals surface area contributed by atoms with Gasteiger partial charge in [0.05, 0.1) is 5.69 Å². The first-order chi connectivity index (χ1) is 7.54. The fourth-order valence-corrected chi connectivity index (χ4v) is 2.31. The fourth-order valence-electron chi connectivity index (χ4n) is 2.31. The molecule has 0 amide bonds. The highest BCUT2D eigenvalue weighted by molar-refractivity contribution is 5.32. The van der Waals surface area contributed by atoms with Gasteiger partial charge in [-0.3, -0.25) is 4.98 Å². The van der Waals surface area contributed by atoms with Crippen molar-refractivity contribution in [2.75, 3.05) is 6.54 Å². The Kier molecular flexibility index (Phi) is 3.02. The summed E-state index contributed by atoms with van der Waals surface area (Å²) in [6.07, 6.45) is 1.16. The van der Waals surface area contributed by atoms with E-state index in [1.165, 1.54) is 17.0 Å². The van der Waals surface area contributed by atoms with Gasteiger partial charge >= 0.3 is 0 Å². The molecular formula is C14H22N2. The lowest BCUT2D eigenvalue weighted by atomic mass is 9.82. The maximum absolute atomic E-state index is 4.90. The van der Waals surface area contributed by atoms with E-state index in [1.54, 1.807) is 0 Å². The molecule has 0 saturated heterocycles. The third kappa shape index (κ3) is 1.99. The Morgan fingerprint density at radius 3 is 2.88 bits per heavy atom. The molecule has 0 radical (unpaired) electrons. The van der Waals surface area contributed by atoms with E-state index in [0.717, 1.165) is 19.5 Å². The molecule has 88 valence electrons. The van der Waals surface area contributed by atoms with E-state index in [0.29, 0.717) is 5.92 Å². The van der Waals surface area contributed by atoms with Crippen LogP contribution >= 0.6 is 0 Å². The van der Waals surface area contributed by atoms with Crippen LogP contribution in [0.15, 0.2) is 12.1 Å². The summed E-state index contributed by atoms with van der Waals surface area (Å²) in [5, 5.41) is 3.45. The van der Waals surface area contributed by atoms with Crippen LogP contribution in [0.25, 0.3) is 0 Å². The lowest BCUT2D eigenvalue weighted by molar-refractivity contribution is 0.419. The standard InChI is InChI=1S/C14H22N2/c1-5-10(2)12-7-6-11-8-15-9-14(3,4)13(11)16-12/h6-7,10,15H,5,8-9H2,1-4H3. The Morgan fingerprint density at radius 2 is 2.19 bits per heavy atom. The van der Waals surface area contributed by atoms with E-state index in [4.69, 9.17) is 4.98 Å². The second kappa shape index (κ2) is 4.17. The highest BCUT2D eigenvalue weighted by Gasteiger charge is 2.29. The number of hydrogen-bond donors (Lipinski definition) is 1. The van der Waals surface area contributed by atoms with Gasteiger partial charge in [0.25, 0.3) is 0 Å². The summed E-state index contributed by atoms with van der Waals surface area (Å²) < 4.78 is 0. The molecule has 1 atom stereocenters. The Hall–Kier alpha value is -0.890. The molecule has 1 aliphatic heterocycles. The Morgan fingerprint density at radius 1 is 1.44 bits per heavy atom. The first kappa shape index (κ1) is 11.6. The zero-order valence-electron chi connectivity index (χ0n) is 10.8. The highest BCUT2D eigenvalue weighted by Crippen LogP contribution is 2.29. The van der Waals surface area contributed by atoms with Gasteiger partial charge in [0.2, 0.25) is 0 Å². The van der Waals surface area contributed by atoms with Gasteiger partial charge in [0.1, 0.15) is 0 Å². The number of rotatable bonds is 2. The molecule has 2 nitrogen and oxygen atoms in total. The van der Waals surface area contributed by atoms with Crippen molar-refractivity contribution in [2.24, 2.45) is 0 Å². The average molecular weight is 218 g/mol. The topological polar surface area (TPSA) is 24.9 Å². The Bertz CT molecular complexity index is 382. The van der Waals surface area contributed by atoms with Crippen molar-refractivity contribution in [3.63, 3.8) is 0 Å². The van der Waals surface area contributed by atoms with Gasteiger partial charge in [0, 0.05) is 24.2 Å². The second-order valence-corrected chi connectivity index (χ2v) is 5.54. The van der Waals surface area contributed by atoms with Gasteiger partial charge in [-0.1, -0.05) is 33.8 Å². The molecule has 2 heterocycles. The summed E-state index contributed by atoms with van der Waals surface area (Å²) >= 11 is 0. The van der Waals surface area contributed by atoms with Crippen LogP contribution in [0.3, 0.4) is 0 Å². The maximum atomic E-state index is 4.90. The molecule has 1 N–H and O–H groups in total. The van der Waals surface area contributed by atoms with E-state index in [2.05, 4.69) is 45.1 Å². The number of hydrogen-bond acceptors (Lipinski definition) is 2. The number of fused-ring (bicyclic) bond motifs is 1. The molecular weight excluding hydrogens is 196 g/mol. The minimum Gasteiger partial charge on any atom is -0.312 e. The number of aromatic nitrogens is 1. The molecule has 0 bridgehead atoms. The summed E-state index contributed by atoms with van der Waals surface area (Å²) in [6.45, 7) is 11.0. The van der Waals surface area contributed by atoms with Crippen LogP contribution in [0.2, 0.25) is 0 Å². The van der Waals surface area contributed by atoms with Gasteiger partial charge in [-0.2, -0.15) is 0 Å². The molecule has 2 rings (SSSR count). The molecule has 1 aliphatic rings. The van der Waals surface area contributed by atoms with Crippen molar-refractivity contribution < 1.29 is 0 Å². The van der Waals surface area contributed by atoms with Gasteiger partial charge in [-0.15, -0.1) is 0 Å². The lowest BCUT2D eigenvalue weighted by Gasteiger charge is -2.32. The van der Waals surface area contributed by atoms with Crippen LogP contribution in [0.4, 0.5) is 0 Å². The molecule has 0 aromatic carbocycles. The first-order valence-electron chi connectivity index (χ1n) is 6.25. The Labute approximate surface area is 98.5 Å². The quantitative estimate of drug-likeness (QED) is 0.825. The molecule has 0 spiro atoms. The van der Waals surface area contributed by atoms with E-state index in [-0.39, 0.29) is 5.41 Å². The molecule has 0 saturated carbocycles. The Balaban J connectivity index is 2.43. The smallest absolute Gasteiger partial charge is 0.0520 e. The molecule has 0 aliphatic carbocycles. The van der Waals surface area contributed by atoms with Gasteiger partial charge in [0.15, 0.2) is 0 Å². The average Bonchev–Trinajstić information content (AvgIpc) is 2.27. The molecule has 1 aromatic rings. The van der Waals surface area contributed by atoms with Gasteiger partial charge in [-0.05, 0) is 24.0 Å².